The fourth-order valence-electron chi connectivity index (χ4n) is 1.56. The lowest BCUT2D eigenvalue weighted by Gasteiger charge is -2.17. The number of hydrogen-bond donors (Lipinski definition) is 1. The summed E-state index contributed by atoms with van der Waals surface area (Å²) in [5, 5.41) is 8.14. The molecular formula is C15H19N. The fraction of sp³-hybridized carbons (Fsp3) is 0.267. The Bertz CT molecular complexity index is 376. The zero-order chi connectivity index (χ0) is 12.0. The van der Waals surface area contributed by atoms with Gasteiger partial charge in [-0.15, -0.1) is 0 Å². The van der Waals surface area contributed by atoms with Gasteiger partial charge >= 0.3 is 0 Å². The lowest BCUT2D eigenvalue weighted by atomic mass is 9.87. The molecule has 84 valence electrons. The number of nitrogens with one attached hydrogen (secondary N) is 1. The minimum atomic E-state index is 0.221. The molecule has 2 atom stereocenters. The molecule has 0 spiro atoms. The molecular weight excluding hydrogens is 194 g/mol. The van der Waals surface area contributed by atoms with E-state index in [1.165, 1.54) is 0 Å². The quantitative estimate of drug-likeness (QED) is 0.563. The average Bonchev–Trinajstić information content (AvgIpc) is 2.35. The summed E-state index contributed by atoms with van der Waals surface area (Å²) in [6.45, 7) is 7.87. The summed E-state index contributed by atoms with van der Waals surface area (Å²) in [7, 11) is 0. The third-order valence-corrected chi connectivity index (χ3v) is 2.88. The van der Waals surface area contributed by atoms with E-state index < -0.39 is 0 Å². The van der Waals surface area contributed by atoms with E-state index >= 15 is 0 Å². The van der Waals surface area contributed by atoms with Crippen LogP contribution in [0.25, 0.3) is 0 Å². The highest BCUT2D eigenvalue weighted by atomic mass is 14.4. The SMILES string of the molecule is C=C/C=C\C(C)C(C)C(=N)c1ccccc1. The maximum atomic E-state index is 8.14. The van der Waals surface area contributed by atoms with Crippen LogP contribution in [0.3, 0.4) is 0 Å². The summed E-state index contributed by atoms with van der Waals surface area (Å²) in [5.41, 5.74) is 1.70. The molecule has 16 heavy (non-hydrogen) atoms. The van der Waals surface area contributed by atoms with Crippen LogP contribution in [-0.2, 0) is 0 Å². The molecule has 0 saturated carbocycles. The van der Waals surface area contributed by atoms with Crippen molar-refractivity contribution in [2.75, 3.05) is 0 Å². The Morgan fingerprint density at radius 2 is 1.88 bits per heavy atom. The van der Waals surface area contributed by atoms with Crippen LogP contribution in [0, 0.1) is 17.2 Å². The van der Waals surface area contributed by atoms with Crippen LogP contribution in [0.1, 0.15) is 19.4 Å². The van der Waals surface area contributed by atoms with Gasteiger partial charge in [0.15, 0.2) is 0 Å². The molecule has 0 aliphatic heterocycles. The Morgan fingerprint density at radius 3 is 2.44 bits per heavy atom. The lowest BCUT2D eigenvalue weighted by molar-refractivity contribution is 0.588. The summed E-state index contributed by atoms with van der Waals surface area (Å²) in [6.07, 6.45) is 5.81. The van der Waals surface area contributed by atoms with E-state index in [1.807, 2.05) is 36.4 Å². The molecule has 0 aromatic heterocycles. The smallest absolute Gasteiger partial charge is 0.0420 e. The molecule has 1 aromatic rings. The van der Waals surface area contributed by atoms with Crippen molar-refractivity contribution in [1.82, 2.24) is 0 Å². The van der Waals surface area contributed by atoms with Gasteiger partial charge in [0, 0.05) is 11.6 Å². The van der Waals surface area contributed by atoms with Gasteiger partial charge in [-0.25, -0.2) is 0 Å². The number of hydrogen-bond acceptors (Lipinski definition) is 1. The van der Waals surface area contributed by atoms with E-state index in [4.69, 9.17) is 5.41 Å². The van der Waals surface area contributed by atoms with Crippen LogP contribution >= 0.6 is 0 Å². The van der Waals surface area contributed by atoms with E-state index in [9.17, 15) is 0 Å². The van der Waals surface area contributed by atoms with E-state index in [0.717, 1.165) is 5.56 Å². The zero-order valence-corrected chi connectivity index (χ0v) is 9.98. The van der Waals surface area contributed by atoms with Crippen molar-refractivity contribution in [3.63, 3.8) is 0 Å². The van der Waals surface area contributed by atoms with Crippen molar-refractivity contribution in [3.05, 3.63) is 60.7 Å². The Balaban J connectivity index is 2.75. The first-order valence-electron chi connectivity index (χ1n) is 5.60. The first-order valence-corrected chi connectivity index (χ1v) is 5.60. The molecule has 0 aliphatic carbocycles. The van der Waals surface area contributed by atoms with Gasteiger partial charge in [0.2, 0.25) is 0 Å². The summed E-state index contributed by atoms with van der Waals surface area (Å²) in [6, 6.07) is 9.90. The third kappa shape index (κ3) is 3.20. The molecule has 0 bridgehead atoms. The molecule has 2 unspecified atom stereocenters. The van der Waals surface area contributed by atoms with Gasteiger partial charge in [-0.1, -0.05) is 69.0 Å². The van der Waals surface area contributed by atoms with Crippen molar-refractivity contribution in [2.45, 2.75) is 13.8 Å². The van der Waals surface area contributed by atoms with Crippen molar-refractivity contribution in [1.29, 1.82) is 5.41 Å². The molecule has 0 heterocycles. The van der Waals surface area contributed by atoms with Crippen molar-refractivity contribution < 1.29 is 0 Å². The van der Waals surface area contributed by atoms with Crippen LogP contribution in [0.15, 0.2) is 55.1 Å². The Kier molecular flexibility index (Phi) is 4.71. The normalized spacial score (nSPS) is 14.6. The predicted molar refractivity (Wildman–Crippen MR) is 70.9 cm³/mol. The number of rotatable bonds is 5. The van der Waals surface area contributed by atoms with Crippen LogP contribution in [0.4, 0.5) is 0 Å². The second-order valence-corrected chi connectivity index (χ2v) is 4.05. The van der Waals surface area contributed by atoms with Crippen molar-refractivity contribution in [2.24, 2.45) is 11.8 Å². The second kappa shape index (κ2) is 6.06. The van der Waals surface area contributed by atoms with Crippen LogP contribution in [-0.4, -0.2) is 5.71 Å². The maximum Gasteiger partial charge on any atom is 0.0420 e. The van der Waals surface area contributed by atoms with Gasteiger partial charge in [-0.2, -0.15) is 0 Å². The van der Waals surface area contributed by atoms with Gasteiger partial charge in [-0.05, 0) is 11.5 Å². The van der Waals surface area contributed by atoms with Gasteiger partial charge in [0.25, 0.3) is 0 Å². The van der Waals surface area contributed by atoms with Gasteiger partial charge in [-0.3, -0.25) is 0 Å². The molecule has 1 nitrogen and oxygen atoms in total. The Labute approximate surface area is 98.0 Å². The number of benzene rings is 1. The minimum Gasteiger partial charge on any atom is -0.304 e. The zero-order valence-electron chi connectivity index (χ0n) is 9.98. The largest absolute Gasteiger partial charge is 0.304 e. The lowest BCUT2D eigenvalue weighted by Crippen LogP contribution is -2.17. The van der Waals surface area contributed by atoms with Crippen LogP contribution in [0.2, 0.25) is 0 Å². The molecule has 1 rings (SSSR count). The average molecular weight is 213 g/mol. The molecule has 1 heteroatoms. The molecule has 0 aliphatic rings. The van der Waals surface area contributed by atoms with Gasteiger partial charge in [0.1, 0.15) is 0 Å². The summed E-state index contributed by atoms with van der Waals surface area (Å²) < 4.78 is 0. The Hall–Kier alpha value is -1.63. The predicted octanol–water partition coefficient (Wildman–Crippen LogP) is 4.07. The van der Waals surface area contributed by atoms with Crippen molar-refractivity contribution >= 4 is 5.71 Å². The monoisotopic (exact) mass is 213 g/mol. The number of allylic oxidation sites excluding steroid dienone is 3. The topological polar surface area (TPSA) is 23.9 Å². The summed E-state index contributed by atoms with van der Waals surface area (Å²) in [5.74, 6) is 0.573. The third-order valence-electron chi connectivity index (χ3n) is 2.88. The van der Waals surface area contributed by atoms with E-state index in [1.54, 1.807) is 6.08 Å². The molecule has 1 N–H and O–H groups in total. The van der Waals surface area contributed by atoms with Gasteiger partial charge < -0.3 is 5.41 Å². The highest BCUT2D eigenvalue weighted by molar-refractivity contribution is 5.99. The van der Waals surface area contributed by atoms with E-state index in [-0.39, 0.29) is 5.92 Å². The Morgan fingerprint density at radius 1 is 1.25 bits per heavy atom. The van der Waals surface area contributed by atoms with Crippen LogP contribution < -0.4 is 0 Å². The summed E-state index contributed by atoms with van der Waals surface area (Å²) >= 11 is 0. The highest BCUT2D eigenvalue weighted by Gasteiger charge is 2.15. The van der Waals surface area contributed by atoms with Crippen LogP contribution in [0.5, 0.6) is 0 Å². The first-order chi connectivity index (χ1) is 7.66. The molecule has 1 aromatic carbocycles. The highest BCUT2D eigenvalue weighted by Crippen LogP contribution is 2.18. The minimum absolute atomic E-state index is 0.221. The standard InChI is InChI=1S/C15H19N/c1-4-5-9-12(2)13(3)15(16)14-10-7-6-8-11-14/h4-13,16H,1H2,2-3H3/b9-5-,16-15?. The molecule has 0 saturated heterocycles. The molecule has 0 amide bonds. The van der Waals surface area contributed by atoms with E-state index in [0.29, 0.717) is 11.6 Å². The second-order valence-electron chi connectivity index (χ2n) is 4.05. The first kappa shape index (κ1) is 12.4. The molecule has 0 radical (unpaired) electrons. The maximum absolute atomic E-state index is 8.14. The van der Waals surface area contributed by atoms with E-state index in [2.05, 4.69) is 26.5 Å². The molecule has 0 fully saturated rings. The summed E-state index contributed by atoms with van der Waals surface area (Å²) in [4.78, 5) is 0. The van der Waals surface area contributed by atoms with Crippen molar-refractivity contribution in [3.8, 4) is 0 Å². The fourth-order valence-corrected chi connectivity index (χ4v) is 1.56. The van der Waals surface area contributed by atoms with Gasteiger partial charge in [0.05, 0.1) is 0 Å².